The lowest BCUT2D eigenvalue weighted by Crippen LogP contribution is -2.00. The minimum Gasteiger partial charge on any atom is -0.455 e. The molecule has 4 nitrogen and oxygen atoms in total. The molecule has 9 aromatic rings. The maximum atomic E-state index is 6.70. The molecule has 0 aliphatic carbocycles. The van der Waals surface area contributed by atoms with Crippen molar-refractivity contribution in [2.75, 3.05) is 0 Å². The summed E-state index contributed by atoms with van der Waals surface area (Å²) in [5.41, 5.74) is 8.98. The molecule has 0 aliphatic heterocycles. The first kappa shape index (κ1) is 27.0. The number of para-hydroxylation sites is 1. The summed E-state index contributed by atoms with van der Waals surface area (Å²) >= 11 is 0. The van der Waals surface area contributed by atoms with Crippen LogP contribution in [0.25, 0.3) is 89.1 Å². The van der Waals surface area contributed by atoms with Crippen molar-refractivity contribution < 1.29 is 4.42 Å². The van der Waals surface area contributed by atoms with Gasteiger partial charge in [-0.2, -0.15) is 0 Å². The number of furan rings is 1. The van der Waals surface area contributed by atoms with Crippen LogP contribution >= 0.6 is 0 Å². The van der Waals surface area contributed by atoms with Crippen LogP contribution in [0, 0.1) is 0 Å². The molecule has 0 N–H and O–H groups in total. The number of hydrogen-bond acceptors (Lipinski definition) is 4. The first-order valence-corrected chi connectivity index (χ1v) is 15.7. The Morgan fingerprint density at radius 3 is 1.60 bits per heavy atom. The van der Waals surface area contributed by atoms with Crippen molar-refractivity contribution in [2.45, 2.75) is 0 Å². The van der Waals surface area contributed by atoms with Crippen LogP contribution in [0.1, 0.15) is 0 Å². The van der Waals surface area contributed by atoms with E-state index in [9.17, 15) is 0 Å². The zero-order valence-corrected chi connectivity index (χ0v) is 25.3. The lowest BCUT2D eigenvalue weighted by atomic mass is 9.93. The van der Waals surface area contributed by atoms with Crippen LogP contribution in [0.2, 0.25) is 0 Å². The van der Waals surface area contributed by atoms with Gasteiger partial charge in [-0.25, -0.2) is 15.0 Å². The quantitative estimate of drug-likeness (QED) is 0.197. The largest absolute Gasteiger partial charge is 0.455 e. The van der Waals surface area contributed by atoms with Gasteiger partial charge in [-0.3, -0.25) is 0 Å². The van der Waals surface area contributed by atoms with E-state index in [-0.39, 0.29) is 0 Å². The summed E-state index contributed by atoms with van der Waals surface area (Å²) in [6.45, 7) is 0. The molecule has 0 radical (unpaired) electrons. The van der Waals surface area contributed by atoms with Gasteiger partial charge in [-0.15, -0.1) is 0 Å². The third-order valence-electron chi connectivity index (χ3n) is 8.73. The Morgan fingerprint density at radius 1 is 0.362 bits per heavy atom. The molecule has 7 aromatic carbocycles. The van der Waals surface area contributed by atoms with Crippen molar-refractivity contribution in [2.24, 2.45) is 0 Å². The average Bonchev–Trinajstić information content (AvgIpc) is 3.55. The van der Waals surface area contributed by atoms with Gasteiger partial charge < -0.3 is 4.42 Å². The second kappa shape index (κ2) is 11.2. The summed E-state index contributed by atoms with van der Waals surface area (Å²) in [4.78, 5) is 15.3. The normalized spacial score (nSPS) is 11.4. The van der Waals surface area contributed by atoms with Gasteiger partial charge in [0.2, 0.25) is 0 Å². The lowest BCUT2D eigenvalue weighted by molar-refractivity contribution is 0.673. The molecule has 47 heavy (non-hydrogen) atoms. The van der Waals surface area contributed by atoms with E-state index in [2.05, 4.69) is 109 Å². The van der Waals surface area contributed by atoms with Crippen molar-refractivity contribution in [3.05, 3.63) is 164 Å². The van der Waals surface area contributed by atoms with E-state index in [4.69, 9.17) is 19.4 Å². The van der Waals surface area contributed by atoms with Gasteiger partial charge in [-0.1, -0.05) is 152 Å². The number of fused-ring (bicyclic) bond motifs is 5. The first-order valence-electron chi connectivity index (χ1n) is 15.7. The topological polar surface area (TPSA) is 51.8 Å². The van der Waals surface area contributed by atoms with Gasteiger partial charge >= 0.3 is 0 Å². The second-order valence-corrected chi connectivity index (χ2v) is 11.6. The molecule has 0 aliphatic rings. The molecule has 0 bridgehead atoms. The van der Waals surface area contributed by atoms with Crippen molar-refractivity contribution in [1.29, 1.82) is 0 Å². The molecular weight excluding hydrogens is 574 g/mol. The van der Waals surface area contributed by atoms with E-state index in [1.807, 2.05) is 54.6 Å². The van der Waals surface area contributed by atoms with E-state index in [0.717, 1.165) is 66.1 Å². The second-order valence-electron chi connectivity index (χ2n) is 11.6. The fourth-order valence-electron chi connectivity index (χ4n) is 6.48. The molecule has 0 spiro atoms. The fourth-order valence-corrected chi connectivity index (χ4v) is 6.48. The molecule has 9 rings (SSSR count). The van der Waals surface area contributed by atoms with Crippen LogP contribution in [0.3, 0.4) is 0 Å². The summed E-state index contributed by atoms with van der Waals surface area (Å²) in [6.07, 6.45) is 0. The van der Waals surface area contributed by atoms with Crippen LogP contribution in [0.4, 0.5) is 0 Å². The molecule has 0 fully saturated rings. The maximum Gasteiger partial charge on any atom is 0.164 e. The Labute approximate surface area is 271 Å². The average molecular weight is 602 g/mol. The number of aromatic nitrogens is 3. The van der Waals surface area contributed by atoms with E-state index in [1.54, 1.807) is 0 Å². The van der Waals surface area contributed by atoms with Crippen LogP contribution in [-0.4, -0.2) is 15.0 Å². The summed E-state index contributed by atoms with van der Waals surface area (Å²) in [7, 11) is 0. The van der Waals surface area contributed by atoms with Gasteiger partial charge in [0.25, 0.3) is 0 Å². The maximum absolute atomic E-state index is 6.70. The molecule has 220 valence electrons. The van der Waals surface area contributed by atoms with Crippen LogP contribution in [0.5, 0.6) is 0 Å². The third kappa shape index (κ3) is 4.75. The number of nitrogens with zero attached hydrogens (tertiary/aromatic N) is 3. The molecule has 2 aromatic heterocycles. The molecule has 0 unspecified atom stereocenters. The van der Waals surface area contributed by atoms with Gasteiger partial charge in [0.05, 0.1) is 0 Å². The highest BCUT2D eigenvalue weighted by atomic mass is 16.3. The van der Waals surface area contributed by atoms with Crippen molar-refractivity contribution in [3.8, 4) is 56.4 Å². The highest BCUT2D eigenvalue weighted by Crippen LogP contribution is 2.44. The van der Waals surface area contributed by atoms with Crippen molar-refractivity contribution in [1.82, 2.24) is 15.0 Å². The predicted octanol–water partition coefficient (Wildman–Crippen LogP) is 11.3. The SMILES string of the molecule is c1ccc(-c2ccc(-c3nc(-c4ccccc4)nc(-c4cc5cccc(-c6ccccc6)c5c5oc6ccccc6c45)n3)cc2)cc1. The monoisotopic (exact) mass is 601 g/mol. The number of benzene rings is 7. The number of rotatable bonds is 5. The molecule has 4 heteroatoms. The minimum atomic E-state index is 0.601. The predicted molar refractivity (Wildman–Crippen MR) is 192 cm³/mol. The van der Waals surface area contributed by atoms with E-state index < -0.39 is 0 Å². The summed E-state index contributed by atoms with van der Waals surface area (Å²) in [6, 6.07) is 56.2. The molecule has 2 heterocycles. The molecule has 0 saturated carbocycles. The summed E-state index contributed by atoms with van der Waals surface area (Å²) in [5.74, 6) is 1.84. The van der Waals surface area contributed by atoms with Crippen molar-refractivity contribution >= 4 is 32.7 Å². The van der Waals surface area contributed by atoms with E-state index in [0.29, 0.717) is 17.5 Å². The van der Waals surface area contributed by atoms with Gasteiger partial charge in [0.15, 0.2) is 17.5 Å². The lowest BCUT2D eigenvalue weighted by Gasteiger charge is -2.12. The van der Waals surface area contributed by atoms with Gasteiger partial charge in [0.1, 0.15) is 11.2 Å². The Kier molecular flexibility index (Phi) is 6.43. The molecular formula is C43H27N3O. The third-order valence-corrected chi connectivity index (χ3v) is 8.73. The van der Waals surface area contributed by atoms with E-state index >= 15 is 0 Å². The van der Waals surface area contributed by atoms with E-state index in [1.165, 1.54) is 5.56 Å². The zero-order chi connectivity index (χ0) is 31.2. The Balaban J connectivity index is 1.31. The molecule has 0 amide bonds. The summed E-state index contributed by atoms with van der Waals surface area (Å²) in [5, 5.41) is 4.15. The van der Waals surface area contributed by atoms with Gasteiger partial charge in [-0.05, 0) is 39.8 Å². The minimum absolute atomic E-state index is 0.601. The van der Waals surface area contributed by atoms with Crippen LogP contribution in [0.15, 0.2) is 168 Å². The van der Waals surface area contributed by atoms with Crippen LogP contribution in [-0.2, 0) is 0 Å². The highest BCUT2D eigenvalue weighted by Gasteiger charge is 2.21. The smallest absolute Gasteiger partial charge is 0.164 e. The Morgan fingerprint density at radius 2 is 0.894 bits per heavy atom. The first-order chi connectivity index (χ1) is 23.3. The fraction of sp³-hybridized carbons (Fsp3) is 0. The molecule has 0 atom stereocenters. The Hall–Kier alpha value is -6.39. The summed E-state index contributed by atoms with van der Waals surface area (Å²) < 4.78 is 6.70. The standard InChI is InChI=1S/C43H27N3O/c1-4-13-28(14-5-1)29-23-25-32(26-24-29)42-44-41(31-17-8-3-9-18-31)45-43(46-42)36-27-33-19-12-21-34(30-15-6-2-7-16-30)38(33)40-39(36)35-20-10-11-22-37(35)47-40/h1-27H. The zero-order valence-electron chi connectivity index (χ0n) is 25.3. The van der Waals surface area contributed by atoms with Crippen molar-refractivity contribution in [3.63, 3.8) is 0 Å². The highest BCUT2D eigenvalue weighted by molar-refractivity contribution is 6.23. The molecule has 0 saturated heterocycles. The number of hydrogen-bond donors (Lipinski definition) is 0. The Bertz CT molecular complexity index is 2540. The van der Waals surface area contributed by atoms with Crippen LogP contribution < -0.4 is 0 Å². The van der Waals surface area contributed by atoms with Gasteiger partial charge in [0, 0.05) is 32.8 Å².